The molecule has 1 fully saturated rings. The monoisotopic (exact) mass is 350 g/mol. The number of allylic oxidation sites excluding steroid dienone is 4. The first kappa shape index (κ1) is 22.0. The molecule has 0 N–H and O–H groups in total. The van der Waals surface area contributed by atoms with Gasteiger partial charge >= 0.3 is 5.97 Å². The van der Waals surface area contributed by atoms with Crippen molar-refractivity contribution in [2.45, 2.75) is 96.5 Å². The second-order valence-electron chi connectivity index (χ2n) is 6.96. The van der Waals surface area contributed by atoms with Crippen LogP contribution < -0.4 is 0 Å². The number of carbonyl (C=O) groups excluding carboxylic acids is 1. The van der Waals surface area contributed by atoms with E-state index in [1.54, 1.807) is 0 Å². The van der Waals surface area contributed by atoms with Gasteiger partial charge in [0.2, 0.25) is 0 Å². The summed E-state index contributed by atoms with van der Waals surface area (Å²) in [6.45, 7) is 3.54. The van der Waals surface area contributed by atoms with E-state index in [1.807, 2.05) is 0 Å². The van der Waals surface area contributed by atoms with Crippen LogP contribution >= 0.6 is 0 Å². The standard InChI is InChI=1S/C22H38O3/c1-2-3-4-5-6-7-8-9-10-11-12-13-14-15-16-17-22(23)25-21-18-19-24-20-21/h6-7,9-10,21H,2-5,8,11-20H2,1H3/b7-6-,10-9-/t21-/m1/s1. The first-order valence-electron chi connectivity index (χ1n) is 10.4. The molecule has 0 aromatic rings. The third-order valence-corrected chi connectivity index (χ3v) is 4.52. The van der Waals surface area contributed by atoms with Gasteiger partial charge in [0.15, 0.2) is 0 Å². The summed E-state index contributed by atoms with van der Waals surface area (Å²) in [5.74, 6) is -0.0545. The number of hydrogen-bond donors (Lipinski definition) is 0. The van der Waals surface area contributed by atoms with Crippen molar-refractivity contribution >= 4 is 5.97 Å². The maximum absolute atomic E-state index is 11.6. The van der Waals surface area contributed by atoms with Crippen LogP contribution in [0, 0.1) is 0 Å². The molecule has 0 spiro atoms. The molecule has 0 amide bonds. The van der Waals surface area contributed by atoms with Crippen molar-refractivity contribution in [2.24, 2.45) is 0 Å². The van der Waals surface area contributed by atoms with Crippen LogP contribution in [-0.4, -0.2) is 25.3 Å². The van der Waals surface area contributed by atoms with Crippen LogP contribution in [0.2, 0.25) is 0 Å². The molecular formula is C22H38O3. The largest absolute Gasteiger partial charge is 0.460 e. The molecule has 1 atom stereocenters. The van der Waals surface area contributed by atoms with Crippen molar-refractivity contribution in [1.29, 1.82) is 0 Å². The minimum Gasteiger partial charge on any atom is -0.460 e. The van der Waals surface area contributed by atoms with Crippen molar-refractivity contribution < 1.29 is 14.3 Å². The molecule has 0 aromatic heterocycles. The molecule has 0 aromatic carbocycles. The van der Waals surface area contributed by atoms with Crippen molar-refractivity contribution in [3.63, 3.8) is 0 Å². The Morgan fingerprint density at radius 2 is 1.64 bits per heavy atom. The quantitative estimate of drug-likeness (QED) is 0.202. The lowest BCUT2D eigenvalue weighted by Gasteiger charge is -2.09. The van der Waals surface area contributed by atoms with Gasteiger partial charge in [-0.3, -0.25) is 4.79 Å². The van der Waals surface area contributed by atoms with E-state index in [0.29, 0.717) is 13.0 Å². The first-order chi connectivity index (χ1) is 12.3. The van der Waals surface area contributed by atoms with Gasteiger partial charge in [0, 0.05) is 12.8 Å². The lowest BCUT2D eigenvalue weighted by atomic mass is 10.1. The molecule has 144 valence electrons. The third-order valence-electron chi connectivity index (χ3n) is 4.52. The number of rotatable bonds is 15. The second-order valence-corrected chi connectivity index (χ2v) is 6.96. The minimum absolute atomic E-state index is 0.00507. The van der Waals surface area contributed by atoms with Gasteiger partial charge in [-0.1, -0.05) is 63.3 Å². The molecule has 0 saturated carbocycles. The van der Waals surface area contributed by atoms with Crippen molar-refractivity contribution in [3.8, 4) is 0 Å². The molecule has 1 saturated heterocycles. The van der Waals surface area contributed by atoms with Gasteiger partial charge in [0.05, 0.1) is 13.2 Å². The summed E-state index contributed by atoms with van der Waals surface area (Å²) in [5, 5.41) is 0. The van der Waals surface area contributed by atoms with Gasteiger partial charge in [-0.05, 0) is 38.5 Å². The Balaban J connectivity index is 1.80. The van der Waals surface area contributed by atoms with Crippen molar-refractivity contribution in [2.75, 3.05) is 13.2 Å². The highest BCUT2D eigenvalue weighted by molar-refractivity contribution is 5.69. The minimum atomic E-state index is -0.0545. The molecule has 0 unspecified atom stereocenters. The van der Waals surface area contributed by atoms with E-state index in [0.717, 1.165) is 32.3 Å². The van der Waals surface area contributed by atoms with Crippen LogP contribution in [0.25, 0.3) is 0 Å². The molecule has 1 aliphatic heterocycles. The predicted molar refractivity (Wildman–Crippen MR) is 105 cm³/mol. The Morgan fingerprint density at radius 3 is 2.32 bits per heavy atom. The van der Waals surface area contributed by atoms with Crippen LogP contribution in [0.4, 0.5) is 0 Å². The number of ether oxygens (including phenoxy) is 2. The van der Waals surface area contributed by atoms with Gasteiger partial charge in [-0.15, -0.1) is 0 Å². The topological polar surface area (TPSA) is 35.5 Å². The van der Waals surface area contributed by atoms with Crippen LogP contribution in [0.3, 0.4) is 0 Å². The lowest BCUT2D eigenvalue weighted by molar-refractivity contribution is -0.149. The Morgan fingerprint density at radius 1 is 0.960 bits per heavy atom. The zero-order valence-corrected chi connectivity index (χ0v) is 16.2. The Kier molecular flexibility index (Phi) is 14.4. The van der Waals surface area contributed by atoms with Gasteiger partial charge in [0.1, 0.15) is 6.10 Å². The van der Waals surface area contributed by atoms with E-state index in [4.69, 9.17) is 9.47 Å². The summed E-state index contributed by atoms with van der Waals surface area (Å²) < 4.78 is 10.6. The van der Waals surface area contributed by atoms with E-state index in [2.05, 4.69) is 31.2 Å². The zero-order valence-electron chi connectivity index (χ0n) is 16.2. The SMILES string of the molecule is CCCCC/C=C\C/C=C\CCCCCCCC(=O)O[C@@H]1CCOC1. The molecule has 0 radical (unpaired) electrons. The molecule has 0 bridgehead atoms. The van der Waals surface area contributed by atoms with Gasteiger partial charge in [0.25, 0.3) is 0 Å². The average Bonchev–Trinajstić information content (AvgIpc) is 3.11. The summed E-state index contributed by atoms with van der Waals surface area (Å²) in [4.78, 5) is 11.6. The van der Waals surface area contributed by atoms with E-state index in [-0.39, 0.29) is 12.1 Å². The predicted octanol–water partition coefficient (Wildman–Crippen LogP) is 6.13. The lowest BCUT2D eigenvalue weighted by Crippen LogP contribution is -2.17. The maximum Gasteiger partial charge on any atom is 0.306 e. The van der Waals surface area contributed by atoms with Crippen LogP contribution in [0.5, 0.6) is 0 Å². The number of unbranched alkanes of at least 4 members (excludes halogenated alkanes) is 8. The van der Waals surface area contributed by atoms with E-state index in [1.165, 1.54) is 51.4 Å². The fourth-order valence-corrected chi connectivity index (χ4v) is 2.93. The second kappa shape index (κ2) is 16.4. The highest BCUT2D eigenvalue weighted by Gasteiger charge is 2.19. The van der Waals surface area contributed by atoms with E-state index < -0.39 is 0 Å². The van der Waals surface area contributed by atoms with Gasteiger partial charge in [-0.25, -0.2) is 0 Å². The zero-order chi connectivity index (χ0) is 18.0. The molecule has 1 heterocycles. The van der Waals surface area contributed by atoms with Crippen molar-refractivity contribution in [3.05, 3.63) is 24.3 Å². The third kappa shape index (κ3) is 13.8. The normalized spacial score (nSPS) is 17.7. The molecule has 1 aliphatic rings. The summed E-state index contributed by atoms with van der Waals surface area (Å²) in [6, 6.07) is 0. The number of carbonyl (C=O) groups is 1. The van der Waals surface area contributed by atoms with Crippen LogP contribution in [0.15, 0.2) is 24.3 Å². The highest BCUT2D eigenvalue weighted by atomic mass is 16.6. The van der Waals surface area contributed by atoms with Crippen LogP contribution in [0.1, 0.15) is 90.4 Å². The first-order valence-corrected chi connectivity index (χ1v) is 10.4. The Labute approximate surface area is 154 Å². The smallest absolute Gasteiger partial charge is 0.306 e. The molecule has 3 nitrogen and oxygen atoms in total. The highest BCUT2D eigenvalue weighted by Crippen LogP contribution is 2.12. The van der Waals surface area contributed by atoms with Gasteiger partial charge in [-0.2, -0.15) is 0 Å². The molecule has 0 aliphatic carbocycles. The average molecular weight is 351 g/mol. The fourth-order valence-electron chi connectivity index (χ4n) is 2.93. The van der Waals surface area contributed by atoms with Gasteiger partial charge < -0.3 is 9.47 Å². The maximum atomic E-state index is 11.6. The molecule has 25 heavy (non-hydrogen) atoms. The summed E-state index contributed by atoms with van der Waals surface area (Å²) in [7, 11) is 0. The number of hydrogen-bond acceptors (Lipinski definition) is 3. The summed E-state index contributed by atoms with van der Waals surface area (Å²) in [6.07, 6.45) is 23.8. The van der Waals surface area contributed by atoms with Crippen molar-refractivity contribution in [1.82, 2.24) is 0 Å². The summed E-state index contributed by atoms with van der Waals surface area (Å²) in [5.41, 5.74) is 0. The summed E-state index contributed by atoms with van der Waals surface area (Å²) >= 11 is 0. The Hall–Kier alpha value is -1.09. The molecule has 1 rings (SSSR count). The number of esters is 1. The molecular weight excluding hydrogens is 312 g/mol. The fraction of sp³-hybridized carbons (Fsp3) is 0.773. The molecule has 3 heteroatoms. The van der Waals surface area contributed by atoms with Crippen LogP contribution in [-0.2, 0) is 14.3 Å². The van der Waals surface area contributed by atoms with E-state index >= 15 is 0 Å². The van der Waals surface area contributed by atoms with E-state index in [9.17, 15) is 4.79 Å². The Bertz CT molecular complexity index is 367.